The molecule has 1 fully saturated rings. The average Bonchev–Trinajstić information content (AvgIpc) is 2.34. The molecule has 4 nitrogen and oxygen atoms in total. The molecule has 0 aromatic heterocycles. The van der Waals surface area contributed by atoms with Crippen molar-refractivity contribution in [1.29, 1.82) is 0 Å². The van der Waals surface area contributed by atoms with Crippen LogP contribution in [0.2, 0.25) is 0 Å². The van der Waals surface area contributed by atoms with Gasteiger partial charge in [-0.3, -0.25) is 4.79 Å². The van der Waals surface area contributed by atoms with Gasteiger partial charge in [0.2, 0.25) is 5.91 Å². The van der Waals surface area contributed by atoms with Gasteiger partial charge >= 0.3 is 0 Å². The monoisotopic (exact) mass is 246 g/mol. The van der Waals surface area contributed by atoms with Crippen LogP contribution >= 0.6 is 11.8 Å². The molecule has 16 heavy (non-hydrogen) atoms. The number of nitrogens with one attached hydrogen (secondary N) is 1. The van der Waals surface area contributed by atoms with E-state index in [4.69, 9.17) is 4.74 Å². The van der Waals surface area contributed by atoms with E-state index in [1.165, 1.54) is 12.8 Å². The Labute approximate surface area is 102 Å². The van der Waals surface area contributed by atoms with Gasteiger partial charge in [-0.05, 0) is 25.9 Å². The fourth-order valence-electron chi connectivity index (χ4n) is 1.61. The van der Waals surface area contributed by atoms with E-state index in [0.29, 0.717) is 24.2 Å². The van der Waals surface area contributed by atoms with Crippen molar-refractivity contribution in [3.63, 3.8) is 0 Å². The third-order valence-electron chi connectivity index (χ3n) is 2.79. The Balaban J connectivity index is 2.12. The van der Waals surface area contributed by atoms with Crippen molar-refractivity contribution in [3.05, 3.63) is 0 Å². The molecule has 1 saturated heterocycles. The lowest BCUT2D eigenvalue weighted by Crippen LogP contribution is -2.33. The number of hydrogen-bond acceptors (Lipinski definition) is 4. The van der Waals surface area contributed by atoms with Crippen LogP contribution in [-0.2, 0) is 9.53 Å². The molecular weight excluding hydrogens is 224 g/mol. The first-order valence-corrected chi connectivity index (χ1v) is 6.84. The Morgan fingerprint density at radius 1 is 1.50 bits per heavy atom. The molecule has 0 saturated carbocycles. The third kappa shape index (κ3) is 5.18. The first-order chi connectivity index (χ1) is 7.74. The van der Waals surface area contributed by atoms with E-state index < -0.39 is 0 Å². The average molecular weight is 246 g/mol. The van der Waals surface area contributed by atoms with Crippen LogP contribution in [0, 0.1) is 0 Å². The molecule has 0 unspecified atom stereocenters. The predicted octanol–water partition coefficient (Wildman–Crippen LogP) is 0.576. The Kier molecular flexibility index (Phi) is 6.84. The Morgan fingerprint density at radius 2 is 2.19 bits per heavy atom. The third-order valence-corrected chi connectivity index (χ3v) is 4.14. The van der Waals surface area contributed by atoms with E-state index in [9.17, 15) is 4.79 Å². The van der Waals surface area contributed by atoms with Gasteiger partial charge in [0.05, 0.1) is 12.4 Å². The van der Waals surface area contributed by atoms with Gasteiger partial charge in [-0.1, -0.05) is 0 Å². The van der Waals surface area contributed by atoms with Gasteiger partial charge in [0.1, 0.15) is 0 Å². The summed E-state index contributed by atoms with van der Waals surface area (Å²) in [5.74, 6) is 0.811. The first kappa shape index (κ1) is 13.8. The van der Waals surface area contributed by atoms with Crippen LogP contribution in [0.1, 0.15) is 12.8 Å². The molecule has 1 amide bonds. The van der Waals surface area contributed by atoms with Crippen molar-refractivity contribution < 1.29 is 9.53 Å². The van der Waals surface area contributed by atoms with E-state index in [1.807, 2.05) is 7.05 Å². The highest BCUT2D eigenvalue weighted by molar-refractivity contribution is 8.00. The largest absolute Gasteiger partial charge is 0.383 e. The summed E-state index contributed by atoms with van der Waals surface area (Å²) in [7, 11) is 3.49. The molecule has 0 aromatic rings. The molecule has 94 valence electrons. The van der Waals surface area contributed by atoms with E-state index in [0.717, 1.165) is 13.1 Å². The van der Waals surface area contributed by atoms with Gasteiger partial charge in [0, 0.05) is 26.0 Å². The smallest absolute Gasteiger partial charge is 0.232 e. The number of amides is 1. The summed E-state index contributed by atoms with van der Waals surface area (Å²) >= 11 is 1.80. The fraction of sp³-hybridized carbons (Fsp3) is 0.909. The molecule has 1 aliphatic rings. The summed E-state index contributed by atoms with van der Waals surface area (Å²) in [6.07, 6.45) is 2.36. The minimum atomic E-state index is 0.209. The molecular formula is C11H22N2O2S. The van der Waals surface area contributed by atoms with Crippen LogP contribution in [0.4, 0.5) is 0 Å². The molecule has 5 heteroatoms. The zero-order valence-corrected chi connectivity index (χ0v) is 11.0. The number of rotatable bonds is 6. The van der Waals surface area contributed by atoms with Gasteiger partial charge in [0.15, 0.2) is 0 Å². The van der Waals surface area contributed by atoms with Gasteiger partial charge < -0.3 is 15.0 Å². The molecule has 1 N–H and O–H groups in total. The molecule has 0 atom stereocenters. The second-order valence-electron chi connectivity index (χ2n) is 4.07. The zero-order chi connectivity index (χ0) is 11.8. The Bertz CT molecular complexity index is 208. The summed E-state index contributed by atoms with van der Waals surface area (Å²) in [5.41, 5.74) is 0. The molecule has 1 heterocycles. The number of carbonyl (C=O) groups excluding carboxylic acids is 1. The lowest BCUT2D eigenvalue weighted by Gasteiger charge is -2.23. The number of nitrogens with zero attached hydrogens (tertiary/aromatic N) is 1. The number of piperidine rings is 1. The number of ether oxygens (including phenoxy) is 1. The second kappa shape index (κ2) is 7.92. The van der Waals surface area contributed by atoms with E-state index in [2.05, 4.69) is 5.32 Å². The second-order valence-corrected chi connectivity index (χ2v) is 5.36. The van der Waals surface area contributed by atoms with Crippen LogP contribution < -0.4 is 5.32 Å². The highest BCUT2D eigenvalue weighted by Gasteiger charge is 2.16. The van der Waals surface area contributed by atoms with Gasteiger partial charge in [-0.25, -0.2) is 0 Å². The molecule has 1 rings (SSSR count). The lowest BCUT2D eigenvalue weighted by atomic mass is 10.2. The summed E-state index contributed by atoms with van der Waals surface area (Å²) in [5, 5.41) is 3.98. The van der Waals surface area contributed by atoms with Gasteiger partial charge in [-0.15, -0.1) is 11.8 Å². The number of hydrogen-bond donors (Lipinski definition) is 1. The van der Waals surface area contributed by atoms with E-state index in [-0.39, 0.29) is 5.91 Å². The SMILES string of the molecule is COCCN(C)C(=O)CSC1CCNCC1. The number of carbonyl (C=O) groups is 1. The number of likely N-dealkylation sites (N-methyl/N-ethyl adjacent to an activating group) is 1. The summed E-state index contributed by atoms with van der Waals surface area (Å²) in [4.78, 5) is 13.5. The first-order valence-electron chi connectivity index (χ1n) is 5.79. The van der Waals surface area contributed by atoms with Crippen molar-refractivity contribution in [3.8, 4) is 0 Å². The summed E-state index contributed by atoms with van der Waals surface area (Å²) < 4.78 is 4.95. The topological polar surface area (TPSA) is 41.6 Å². The quantitative estimate of drug-likeness (QED) is 0.744. The van der Waals surface area contributed by atoms with Crippen LogP contribution in [0.15, 0.2) is 0 Å². The van der Waals surface area contributed by atoms with Crippen molar-refractivity contribution in [2.75, 3.05) is 46.2 Å². The van der Waals surface area contributed by atoms with Crippen molar-refractivity contribution in [2.24, 2.45) is 0 Å². The highest BCUT2D eigenvalue weighted by Crippen LogP contribution is 2.20. The number of methoxy groups -OCH3 is 1. The number of thioether (sulfide) groups is 1. The molecule has 0 aromatic carbocycles. The lowest BCUT2D eigenvalue weighted by molar-refractivity contribution is -0.127. The predicted molar refractivity (Wildman–Crippen MR) is 67.9 cm³/mol. The maximum absolute atomic E-state index is 11.7. The summed E-state index contributed by atoms with van der Waals surface area (Å²) in [6, 6.07) is 0. The van der Waals surface area contributed by atoms with Crippen LogP contribution in [0.25, 0.3) is 0 Å². The minimum absolute atomic E-state index is 0.209. The standard InChI is InChI=1S/C11H22N2O2S/c1-13(7-8-15-2)11(14)9-16-10-3-5-12-6-4-10/h10,12H,3-9H2,1-2H3. The maximum atomic E-state index is 11.7. The zero-order valence-electron chi connectivity index (χ0n) is 10.2. The molecule has 0 bridgehead atoms. The molecule has 0 radical (unpaired) electrons. The summed E-state index contributed by atoms with van der Waals surface area (Å²) in [6.45, 7) is 3.47. The molecule has 0 aliphatic carbocycles. The van der Waals surface area contributed by atoms with Crippen molar-refractivity contribution >= 4 is 17.7 Å². The normalized spacial score (nSPS) is 17.4. The van der Waals surface area contributed by atoms with E-state index in [1.54, 1.807) is 23.8 Å². The van der Waals surface area contributed by atoms with Crippen LogP contribution in [0.5, 0.6) is 0 Å². The van der Waals surface area contributed by atoms with Gasteiger partial charge in [0.25, 0.3) is 0 Å². The van der Waals surface area contributed by atoms with E-state index >= 15 is 0 Å². The minimum Gasteiger partial charge on any atom is -0.383 e. The van der Waals surface area contributed by atoms with Crippen molar-refractivity contribution in [1.82, 2.24) is 10.2 Å². The molecule has 1 aliphatic heterocycles. The van der Waals surface area contributed by atoms with Gasteiger partial charge in [-0.2, -0.15) is 0 Å². The maximum Gasteiger partial charge on any atom is 0.232 e. The molecule has 0 spiro atoms. The Hall–Kier alpha value is -0.260. The van der Waals surface area contributed by atoms with Crippen molar-refractivity contribution in [2.45, 2.75) is 18.1 Å². The Morgan fingerprint density at radius 3 is 2.81 bits per heavy atom. The fourth-order valence-corrected chi connectivity index (χ4v) is 2.78. The van der Waals surface area contributed by atoms with Crippen LogP contribution in [-0.4, -0.2) is 62.2 Å². The highest BCUT2D eigenvalue weighted by atomic mass is 32.2. The van der Waals surface area contributed by atoms with Crippen LogP contribution in [0.3, 0.4) is 0 Å².